The average Bonchev–Trinajstić information content (AvgIpc) is 2.83. The topological polar surface area (TPSA) is 31.1 Å². The van der Waals surface area contributed by atoms with E-state index in [1.807, 2.05) is 6.20 Å². The summed E-state index contributed by atoms with van der Waals surface area (Å²) in [6.45, 7) is 5.84. The lowest BCUT2D eigenvalue weighted by Gasteiger charge is -2.31. The molecule has 16 heavy (non-hydrogen) atoms. The number of aromatic amines is 1. The van der Waals surface area contributed by atoms with Gasteiger partial charge in [-0.15, -0.1) is 0 Å². The second-order valence-electron chi connectivity index (χ2n) is 4.95. The quantitative estimate of drug-likeness (QED) is 0.815. The fourth-order valence-electron chi connectivity index (χ4n) is 2.49. The Morgan fingerprint density at radius 3 is 3.06 bits per heavy atom. The van der Waals surface area contributed by atoms with E-state index in [1.54, 1.807) is 0 Å². The number of H-pyrrole nitrogens is 1. The molecule has 3 nitrogen and oxygen atoms in total. The van der Waals surface area contributed by atoms with Gasteiger partial charge in [0, 0.05) is 24.5 Å². The van der Waals surface area contributed by atoms with Gasteiger partial charge in [0.2, 0.25) is 0 Å². The van der Waals surface area contributed by atoms with Crippen molar-refractivity contribution in [1.29, 1.82) is 0 Å². The van der Waals surface area contributed by atoms with Crippen molar-refractivity contribution < 1.29 is 0 Å². The molecule has 1 aromatic heterocycles. The van der Waals surface area contributed by atoms with Crippen LogP contribution in [0.4, 0.5) is 0 Å². The Balaban J connectivity index is 1.84. The van der Waals surface area contributed by atoms with Gasteiger partial charge in [-0.25, -0.2) is 0 Å². The van der Waals surface area contributed by atoms with Crippen LogP contribution in [0, 0.1) is 5.92 Å². The molecule has 1 aliphatic heterocycles. The number of aromatic nitrogens is 1. The minimum Gasteiger partial charge on any atom is -0.364 e. The zero-order chi connectivity index (χ0) is 11.4. The SMILES string of the molecule is C[C@H](c1ccc[nH]1)N(C)C[C@H]1CCCNC1. The van der Waals surface area contributed by atoms with Crippen molar-refractivity contribution in [2.45, 2.75) is 25.8 Å². The average molecular weight is 221 g/mol. The van der Waals surface area contributed by atoms with Crippen LogP contribution in [-0.2, 0) is 0 Å². The number of nitrogens with one attached hydrogen (secondary N) is 2. The fourth-order valence-corrected chi connectivity index (χ4v) is 2.49. The highest BCUT2D eigenvalue weighted by molar-refractivity contribution is 5.08. The highest BCUT2D eigenvalue weighted by Crippen LogP contribution is 2.19. The molecule has 0 aliphatic carbocycles. The van der Waals surface area contributed by atoms with E-state index in [-0.39, 0.29) is 0 Å². The molecule has 90 valence electrons. The predicted molar refractivity (Wildman–Crippen MR) is 67.4 cm³/mol. The smallest absolute Gasteiger partial charge is 0.0467 e. The van der Waals surface area contributed by atoms with E-state index in [1.165, 1.54) is 38.2 Å². The molecule has 0 radical (unpaired) electrons. The Bertz CT molecular complexity index is 288. The molecule has 2 heterocycles. The Hall–Kier alpha value is -0.800. The molecule has 2 rings (SSSR count). The van der Waals surface area contributed by atoms with E-state index in [2.05, 4.69) is 41.3 Å². The Morgan fingerprint density at radius 1 is 1.56 bits per heavy atom. The molecule has 2 atom stereocenters. The molecule has 0 unspecified atom stereocenters. The van der Waals surface area contributed by atoms with Crippen LogP contribution in [0.5, 0.6) is 0 Å². The molecule has 1 aliphatic rings. The van der Waals surface area contributed by atoms with Gasteiger partial charge in [0.15, 0.2) is 0 Å². The van der Waals surface area contributed by atoms with Crippen LogP contribution in [0.3, 0.4) is 0 Å². The standard InChI is InChI=1S/C13H23N3/c1-11(13-6-4-8-15-13)16(2)10-12-5-3-7-14-9-12/h4,6,8,11-12,14-15H,3,5,7,9-10H2,1-2H3/t11-,12+/m1/s1. The summed E-state index contributed by atoms with van der Waals surface area (Å²) >= 11 is 0. The van der Waals surface area contributed by atoms with Crippen molar-refractivity contribution in [3.8, 4) is 0 Å². The first kappa shape index (κ1) is 11.7. The van der Waals surface area contributed by atoms with Gasteiger partial charge in [0.25, 0.3) is 0 Å². The number of nitrogens with zero attached hydrogens (tertiary/aromatic N) is 1. The molecule has 1 saturated heterocycles. The van der Waals surface area contributed by atoms with Gasteiger partial charge in [-0.1, -0.05) is 0 Å². The molecule has 1 aromatic rings. The highest BCUT2D eigenvalue weighted by Gasteiger charge is 2.18. The van der Waals surface area contributed by atoms with Gasteiger partial charge in [-0.2, -0.15) is 0 Å². The van der Waals surface area contributed by atoms with Crippen LogP contribution < -0.4 is 5.32 Å². The third kappa shape index (κ3) is 2.86. The van der Waals surface area contributed by atoms with Gasteiger partial charge >= 0.3 is 0 Å². The van der Waals surface area contributed by atoms with E-state index >= 15 is 0 Å². The summed E-state index contributed by atoms with van der Waals surface area (Å²) in [7, 11) is 2.22. The normalized spacial score (nSPS) is 23.6. The Labute approximate surface area is 98.2 Å². The van der Waals surface area contributed by atoms with Crippen molar-refractivity contribution in [1.82, 2.24) is 15.2 Å². The van der Waals surface area contributed by atoms with Crippen LogP contribution in [-0.4, -0.2) is 36.6 Å². The van der Waals surface area contributed by atoms with Gasteiger partial charge in [-0.3, -0.25) is 4.90 Å². The molecule has 0 bridgehead atoms. The second-order valence-corrected chi connectivity index (χ2v) is 4.95. The molecular formula is C13H23N3. The molecular weight excluding hydrogens is 198 g/mol. The van der Waals surface area contributed by atoms with Crippen LogP contribution in [0.15, 0.2) is 18.3 Å². The summed E-state index contributed by atoms with van der Waals surface area (Å²) in [5, 5.41) is 3.48. The van der Waals surface area contributed by atoms with Crippen LogP contribution in [0.1, 0.15) is 31.5 Å². The van der Waals surface area contributed by atoms with E-state index in [0.717, 1.165) is 5.92 Å². The minimum absolute atomic E-state index is 0.483. The third-order valence-corrected chi connectivity index (χ3v) is 3.68. The van der Waals surface area contributed by atoms with E-state index < -0.39 is 0 Å². The molecule has 0 aromatic carbocycles. The molecule has 0 saturated carbocycles. The monoisotopic (exact) mass is 221 g/mol. The zero-order valence-corrected chi connectivity index (χ0v) is 10.4. The summed E-state index contributed by atoms with van der Waals surface area (Å²) in [6, 6.07) is 4.72. The van der Waals surface area contributed by atoms with Crippen molar-refractivity contribution in [2.24, 2.45) is 5.92 Å². The number of rotatable bonds is 4. The maximum atomic E-state index is 3.48. The summed E-state index contributed by atoms with van der Waals surface area (Å²) in [4.78, 5) is 5.75. The van der Waals surface area contributed by atoms with Gasteiger partial charge < -0.3 is 10.3 Å². The summed E-state index contributed by atoms with van der Waals surface area (Å²) in [5.74, 6) is 0.816. The van der Waals surface area contributed by atoms with Crippen molar-refractivity contribution in [3.63, 3.8) is 0 Å². The first-order valence-corrected chi connectivity index (χ1v) is 6.31. The summed E-state index contributed by atoms with van der Waals surface area (Å²) < 4.78 is 0. The molecule has 0 amide bonds. The van der Waals surface area contributed by atoms with Crippen LogP contribution in [0.25, 0.3) is 0 Å². The van der Waals surface area contributed by atoms with E-state index in [9.17, 15) is 0 Å². The molecule has 2 N–H and O–H groups in total. The second kappa shape index (κ2) is 5.51. The summed E-state index contributed by atoms with van der Waals surface area (Å²) in [6.07, 6.45) is 4.70. The lowest BCUT2D eigenvalue weighted by atomic mass is 9.98. The fraction of sp³-hybridized carbons (Fsp3) is 0.692. The minimum atomic E-state index is 0.483. The molecule has 0 spiro atoms. The van der Waals surface area contributed by atoms with E-state index in [0.29, 0.717) is 6.04 Å². The lowest BCUT2D eigenvalue weighted by molar-refractivity contribution is 0.197. The van der Waals surface area contributed by atoms with Crippen LogP contribution in [0.2, 0.25) is 0 Å². The first-order chi connectivity index (χ1) is 7.77. The van der Waals surface area contributed by atoms with Crippen molar-refractivity contribution in [2.75, 3.05) is 26.7 Å². The van der Waals surface area contributed by atoms with Gasteiger partial charge in [0.1, 0.15) is 0 Å². The predicted octanol–water partition coefficient (Wildman–Crippen LogP) is 2.01. The zero-order valence-electron chi connectivity index (χ0n) is 10.4. The highest BCUT2D eigenvalue weighted by atomic mass is 15.1. The van der Waals surface area contributed by atoms with Crippen molar-refractivity contribution in [3.05, 3.63) is 24.0 Å². The number of piperidine rings is 1. The molecule has 3 heteroatoms. The maximum Gasteiger partial charge on any atom is 0.0467 e. The number of hydrogen-bond acceptors (Lipinski definition) is 2. The van der Waals surface area contributed by atoms with E-state index in [4.69, 9.17) is 0 Å². The Kier molecular flexibility index (Phi) is 4.02. The van der Waals surface area contributed by atoms with Gasteiger partial charge in [-0.05, 0) is 58.0 Å². The largest absolute Gasteiger partial charge is 0.364 e. The lowest BCUT2D eigenvalue weighted by Crippen LogP contribution is -2.37. The van der Waals surface area contributed by atoms with Gasteiger partial charge in [0.05, 0.1) is 0 Å². The molecule has 1 fully saturated rings. The summed E-state index contributed by atoms with van der Waals surface area (Å²) in [5.41, 5.74) is 1.31. The Morgan fingerprint density at radius 2 is 2.44 bits per heavy atom. The first-order valence-electron chi connectivity index (χ1n) is 6.31. The third-order valence-electron chi connectivity index (χ3n) is 3.68. The van der Waals surface area contributed by atoms with Crippen LogP contribution >= 0.6 is 0 Å². The maximum absolute atomic E-state index is 3.48. The van der Waals surface area contributed by atoms with Crippen molar-refractivity contribution >= 4 is 0 Å². The number of hydrogen-bond donors (Lipinski definition) is 2.